The molecule has 4 rings (SSSR count). The summed E-state index contributed by atoms with van der Waals surface area (Å²) in [5, 5.41) is 22.5. The Labute approximate surface area is 164 Å². The SMILES string of the molecule is O=C(O)C1=C(c2c3ccc(=O)cc-3oc3cc(O)ccc23)CCC(N=C=S)=C1. The summed E-state index contributed by atoms with van der Waals surface area (Å²) in [4.78, 5) is 27.7. The van der Waals surface area contributed by atoms with Crippen molar-refractivity contribution in [1.82, 2.24) is 0 Å². The largest absolute Gasteiger partial charge is 0.508 e. The normalized spacial score (nSPS) is 14.1. The van der Waals surface area contributed by atoms with Crippen LogP contribution in [0, 0.1) is 0 Å². The summed E-state index contributed by atoms with van der Waals surface area (Å²) >= 11 is 4.62. The number of thiocarbonyl (C=S) groups is 1. The number of phenolic OH excluding ortho intramolecular Hbond substituents is 1. The van der Waals surface area contributed by atoms with E-state index in [0.717, 1.165) is 0 Å². The number of fused-ring (bicyclic) bond motifs is 2. The van der Waals surface area contributed by atoms with Gasteiger partial charge in [-0.1, -0.05) is 0 Å². The maximum Gasteiger partial charge on any atom is 0.336 e. The van der Waals surface area contributed by atoms with Crippen LogP contribution in [0.25, 0.3) is 27.9 Å². The topological polar surface area (TPSA) is 100 Å². The summed E-state index contributed by atoms with van der Waals surface area (Å²) in [7, 11) is 0. The Bertz CT molecular complexity index is 1280. The van der Waals surface area contributed by atoms with E-state index in [1.807, 2.05) is 0 Å². The zero-order valence-corrected chi connectivity index (χ0v) is 15.2. The van der Waals surface area contributed by atoms with Crippen LogP contribution in [0.4, 0.5) is 0 Å². The van der Waals surface area contributed by atoms with E-state index in [9.17, 15) is 19.8 Å². The van der Waals surface area contributed by atoms with Crippen molar-refractivity contribution < 1.29 is 19.4 Å². The first kappa shape index (κ1) is 17.9. The average molecular weight is 391 g/mol. The van der Waals surface area contributed by atoms with Crippen LogP contribution in [0.1, 0.15) is 18.4 Å². The van der Waals surface area contributed by atoms with E-state index in [1.165, 1.54) is 30.3 Å². The van der Waals surface area contributed by atoms with E-state index < -0.39 is 5.97 Å². The number of nitrogens with zero attached hydrogens (tertiary/aromatic N) is 1. The lowest BCUT2D eigenvalue weighted by atomic mass is 9.85. The number of aliphatic imine (C=N–C) groups is 1. The molecule has 0 unspecified atom stereocenters. The molecule has 0 spiro atoms. The first-order chi connectivity index (χ1) is 13.5. The molecule has 0 fully saturated rings. The smallest absolute Gasteiger partial charge is 0.336 e. The number of rotatable bonds is 3. The molecular weight excluding hydrogens is 378 g/mol. The lowest BCUT2D eigenvalue weighted by Crippen LogP contribution is -2.09. The van der Waals surface area contributed by atoms with Crippen LogP contribution in [-0.4, -0.2) is 21.3 Å². The van der Waals surface area contributed by atoms with Gasteiger partial charge in [-0.3, -0.25) is 4.79 Å². The van der Waals surface area contributed by atoms with E-state index in [-0.39, 0.29) is 16.8 Å². The molecule has 28 heavy (non-hydrogen) atoms. The number of isothiocyanates is 1. The van der Waals surface area contributed by atoms with E-state index in [1.54, 1.807) is 12.1 Å². The lowest BCUT2D eigenvalue weighted by molar-refractivity contribution is -0.132. The maximum absolute atomic E-state index is 12.0. The predicted octanol–water partition coefficient (Wildman–Crippen LogP) is 4.22. The Morgan fingerprint density at radius 3 is 2.75 bits per heavy atom. The van der Waals surface area contributed by atoms with Gasteiger partial charge in [0.2, 0.25) is 0 Å². The number of phenols is 1. The van der Waals surface area contributed by atoms with Gasteiger partial charge in [0.1, 0.15) is 17.1 Å². The summed E-state index contributed by atoms with van der Waals surface area (Å²) in [5.41, 5.74) is 2.67. The summed E-state index contributed by atoms with van der Waals surface area (Å²) in [6.07, 6.45) is 2.41. The highest BCUT2D eigenvalue weighted by Crippen LogP contribution is 2.42. The highest BCUT2D eigenvalue weighted by molar-refractivity contribution is 7.78. The monoisotopic (exact) mass is 391 g/mol. The van der Waals surface area contributed by atoms with Gasteiger partial charge in [0.25, 0.3) is 0 Å². The van der Waals surface area contributed by atoms with E-state index in [4.69, 9.17) is 4.42 Å². The lowest BCUT2D eigenvalue weighted by Gasteiger charge is -2.21. The Kier molecular flexibility index (Phi) is 4.39. The van der Waals surface area contributed by atoms with Crippen molar-refractivity contribution in [2.75, 3.05) is 0 Å². The van der Waals surface area contributed by atoms with Crippen LogP contribution in [0.3, 0.4) is 0 Å². The standard InChI is InChI=1S/C21H13NO5S/c23-12-2-5-15-18(8-12)27-19-9-13(24)3-6-16(19)20(15)14-4-1-11(22-10-28)7-17(14)21(25)26/h2-3,5-9,23H,1,4H2,(H,25,26). The fraction of sp³-hybridized carbons (Fsp3) is 0.0952. The summed E-state index contributed by atoms with van der Waals surface area (Å²) < 4.78 is 5.81. The zero-order chi connectivity index (χ0) is 19.8. The van der Waals surface area contributed by atoms with Gasteiger partial charge in [-0.2, -0.15) is 4.99 Å². The van der Waals surface area contributed by atoms with Crippen molar-refractivity contribution >= 4 is 39.9 Å². The number of hydrogen-bond donors (Lipinski definition) is 2. The molecule has 0 aromatic heterocycles. The number of aromatic hydroxyl groups is 1. The van der Waals surface area contributed by atoms with E-state index >= 15 is 0 Å². The molecule has 1 aromatic rings. The van der Waals surface area contributed by atoms with Gasteiger partial charge >= 0.3 is 5.97 Å². The minimum Gasteiger partial charge on any atom is -0.508 e. The molecule has 1 heterocycles. The third kappa shape index (κ3) is 3.03. The summed E-state index contributed by atoms with van der Waals surface area (Å²) in [6.45, 7) is 0. The molecule has 0 bridgehead atoms. The van der Waals surface area contributed by atoms with Gasteiger partial charge in [-0.15, -0.1) is 0 Å². The number of carbonyl (C=O) groups is 1. The predicted molar refractivity (Wildman–Crippen MR) is 108 cm³/mol. The van der Waals surface area contributed by atoms with Gasteiger partial charge in [-0.25, -0.2) is 4.79 Å². The molecule has 1 aliphatic heterocycles. The molecule has 0 atom stereocenters. The van der Waals surface area contributed by atoms with Crippen molar-refractivity contribution in [2.24, 2.45) is 4.99 Å². The van der Waals surface area contributed by atoms with Crippen LogP contribution < -0.4 is 5.43 Å². The van der Waals surface area contributed by atoms with Gasteiger partial charge in [-0.05, 0) is 61.0 Å². The molecule has 0 saturated heterocycles. The summed E-state index contributed by atoms with van der Waals surface area (Å²) in [5.74, 6) is -0.758. The van der Waals surface area contributed by atoms with Gasteiger partial charge < -0.3 is 14.6 Å². The molecule has 0 radical (unpaired) electrons. The van der Waals surface area contributed by atoms with Crippen LogP contribution in [-0.2, 0) is 4.79 Å². The first-order valence-electron chi connectivity index (χ1n) is 8.43. The molecule has 0 amide bonds. The highest BCUT2D eigenvalue weighted by Gasteiger charge is 2.26. The Hall–Kier alpha value is -3.54. The van der Waals surface area contributed by atoms with Gasteiger partial charge in [0, 0.05) is 28.6 Å². The molecule has 3 aliphatic rings. The molecule has 7 heteroatoms. The Morgan fingerprint density at radius 2 is 2.00 bits per heavy atom. The second-order valence-electron chi connectivity index (χ2n) is 6.35. The van der Waals surface area contributed by atoms with Gasteiger partial charge in [0.15, 0.2) is 5.43 Å². The first-order valence-corrected chi connectivity index (χ1v) is 8.83. The molecule has 138 valence electrons. The molecule has 2 N–H and O–H groups in total. The van der Waals surface area contributed by atoms with E-state index in [0.29, 0.717) is 52.0 Å². The number of hydrogen-bond acceptors (Lipinski definition) is 6. The third-order valence-electron chi connectivity index (χ3n) is 4.67. The van der Waals surface area contributed by atoms with E-state index in [2.05, 4.69) is 22.4 Å². The van der Waals surface area contributed by atoms with Crippen LogP contribution in [0.15, 0.2) is 67.9 Å². The number of carboxylic acid groups (broad SMARTS) is 1. The van der Waals surface area contributed by atoms with Crippen LogP contribution >= 0.6 is 12.2 Å². The average Bonchev–Trinajstić information content (AvgIpc) is 2.66. The Morgan fingerprint density at radius 1 is 1.18 bits per heavy atom. The fourth-order valence-electron chi connectivity index (χ4n) is 3.50. The maximum atomic E-state index is 12.0. The van der Waals surface area contributed by atoms with Crippen molar-refractivity contribution in [3.63, 3.8) is 0 Å². The molecule has 6 nitrogen and oxygen atoms in total. The molecule has 1 aromatic carbocycles. The summed E-state index contributed by atoms with van der Waals surface area (Å²) in [6, 6.07) is 9.02. The molecule has 0 saturated carbocycles. The highest BCUT2D eigenvalue weighted by atomic mass is 32.1. The number of aliphatic carboxylic acids is 1. The third-order valence-corrected chi connectivity index (χ3v) is 4.76. The van der Waals surface area contributed by atoms with Crippen molar-refractivity contribution in [3.8, 4) is 17.1 Å². The number of carboxylic acids is 1. The minimum atomic E-state index is -1.09. The minimum absolute atomic E-state index is 0.00779. The molecule has 2 aliphatic carbocycles. The fourth-order valence-corrected chi connectivity index (χ4v) is 3.61. The van der Waals surface area contributed by atoms with Crippen LogP contribution in [0.5, 0.6) is 5.75 Å². The zero-order valence-electron chi connectivity index (χ0n) is 14.4. The Balaban J connectivity index is 2.14. The van der Waals surface area contributed by atoms with Crippen molar-refractivity contribution in [1.29, 1.82) is 0 Å². The second kappa shape index (κ2) is 6.88. The van der Waals surface area contributed by atoms with Crippen molar-refractivity contribution in [2.45, 2.75) is 12.8 Å². The van der Waals surface area contributed by atoms with Crippen LogP contribution in [0.2, 0.25) is 0 Å². The molecular formula is C21H13NO5S. The number of benzene rings is 2. The van der Waals surface area contributed by atoms with Crippen molar-refractivity contribution in [3.05, 3.63) is 69.5 Å². The van der Waals surface area contributed by atoms with Gasteiger partial charge in [0.05, 0.1) is 16.4 Å². The number of allylic oxidation sites excluding steroid dienone is 2. The quantitative estimate of drug-likeness (QED) is 0.394. The second-order valence-corrected chi connectivity index (χ2v) is 6.53.